The monoisotopic (exact) mass is 266 g/mol. The van der Waals surface area contributed by atoms with Crippen molar-refractivity contribution in [1.82, 2.24) is 0 Å². The molecular weight excluding hydrogens is 252 g/mol. The molecule has 0 saturated carbocycles. The number of hydrogen-bond donors (Lipinski definition) is 1. The summed E-state index contributed by atoms with van der Waals surface area (Å²) in [6, 6.07) is 18.6. The highest BCUT2D eigenvalue weighted by atomic mass is 16.5. The van der Waals surface area contributed by atoms with Gasteiger partial charge in [-0.1, -0.05) is 42.5 Å². The van der Waals surface area contributed by atoms with Crippen molar-refractivity contribution in [1.29, 1.82) is 5.26 Å². The summed E-state index contributed by atoms with van der Waals surface area (Å²) in [5.41, 5.74) is 2.49. The molecule has 2 aromatic rings. The maximum Gasteiger partial charge on any atom is 0.411 e. The lowest BCUT2D eigenvalue weighted by Gasteiger charge is -2.07. The van der Waals surface area contributed by atoms with Gasteiger partial charge in [-0.2, -0.15) is 5.26 Å². The van der Waals surface area contributed by atoms with Crippen molar-refractivity contribution >= 4 is 11.8 Å². The molecule has 0 saturated heterocycles. The number of benzene rings is 2. The first-order chi connectivity index (χ1) is 9.78. The molecule has 0 spiro atoms. The number of amides is 1. The van der Waals surface area contributed by atoms with E-state index < -0.39 is 6.09 Å². The first-order valence-corrected chi connectivity index (χ1v) is 6.21. The van der Waals surface area contributed by atoms with Crippen molar-refractivity contribution in [2.75, 3.05) is 5.32 Å². The van der Waals surface area contributed by atoms with Gasteiger partial charge in [0.1, 0.15) is 6.61 Å². The summed E-state index contributed by atoms with van der Waals surface area (Å²) >= 11 is 0. The van der Waals surface area contributed by atoms with E-state index in [1.54, 1.807) is 24.3 Å². The second-order valence-corrected chi connectivity index (χ2v) is 4.22. The van der Waals surface area contributed by atoms with Crippen molar-refractivity contribution in [2.45, 2.75) is 13.0 Å². The van der Waals surface area contributed by atoms with E-state index >= 15 is 0 Å². The molecule has 0 heterocycles. The van der Waals surface area contributed by atoms with Gasteiger partial charge in [0, 0.05) is 5.69 Å². The van der Waals surface area contributed by atoms with Crippen LogP contribution in [0.15, 0.2) is 54.6 Å². The fourth-order valence-electron chi connectivity index (χ4n) is 1.67. The average Bonchev–Trinajstić information content (AvgIpc) is 2.49. The first kappa shape index (κ1) is 13.6. The Balaban J connectivity index is 1.84. The number of rotatable bonds is 4. The molecule has 2 rings (SSSR count). The van der Waals surface area contributed by atoms with E-state index in [0.717, 1.165) is 11.1 Å². The Kier molecular flexibility index (Phi) is 4.74. The van der Waals surface area contributed by atoms with Crippen LogP contribution >= 0.6 is 0 Å². The lowest BCUT2D eigenvalue weighted by atomic mass is 10.1. The first-order valence-electron chi connectivity index (χ1n) is 6.21. The summed E-state index contributed by atoms with van der Waals surface area (Å²) in [5.74, 6) is 0. The molecular formula is C16H14N2O2. The molecule has 0 aliphatic heterocycles. The van der Waals surface area contributed by atoms with Gasteiger partial charge < -0.3 is 4.74 Å². The third-order valence-electron chi connectivity index (χ3n) is 2.70. The van der Waals surface area contributed by atoms with Gasteiger partial charge in [-0.15, -0.1) is 0 Å². The van der Waals surface area contributed by atoms with Gasteiger partial charge in [0.25, 0.3) is 0 Å². The fourth-order valence-corrected chi connectivity index (χ4v) is 1.67. The van der Waals surface area contributed by atoms with E-state index in [1.165, 1.54) is 0 Å². The Morgan fingerprint density at radius 3 is 2.40 bits per heavy atom. The molecule has 0 aliphatic rings. The number of ether oxygens (including phenoxy) is 1. The normalized spacial score (nSPS) is 9.55. The summed E-state index contributed by atoms with van der Waals surface area (Å²) in [6.45, 7) is 0.235. The van der Waals surface area contributed by atoms with Crippen molar-refractivity contribution in [3.8, 4) is 6.07 Å². The Morgan fingerprint density at radius 1 is 1.05 bits per heavy atom. The smallest absolute Gasteiger partial charge is 0.411 e. The molecule has 1 N–H and O–H groups in total. The number of nitrogens with one attached hydrogen (secondary N) is 1. The van der Waals surface area contributed by atoms with Gasteiger partial charge in [0.15, 0.2) is 0 Å². The van der Waals surface area contributed by atoms with E-state index in [2.05, 4.69) is 11.4 Å². The highest BCUT2D eigenvalue weighted by Gasteiger charge is 2.03. The van der Waals surface area contributed by atoms with Crippen LogP contribution in [0.2, 0.25) is 0 Å². The van der Waals surface area contributed by atoms with Crippen molar-refractivity contribution < 1.29 is 9.53 Å². The largest absolute Gasteiger partial charge is 0.444 e. The third-order valence-corrected chi connectivity index (χ3v) is 2.70. The van der Waals surface area contributed by atoms with Crippen molar-refractivity contribution in [3.05, 3.63) is 65.7 Å². The zero-order valence-electron chi connectivity index (χ0n) is 10.9. The lowest BCUT2D eigenvalue weighted by molar-refractivity contribution is 0.155. The van der Waals surface area contributed by atoms with Crippen LogP contribution in [0.3, 0.4) is 0 Å². The number of nitrogens with zero attached hydrogens (tertiary/aromatic N) is 1. The van der Waals surface area contributed by atoms with Crippen LogP contribution in [0.4, 0.5) is 10.5 Å². The van der Waals surface area contributed by atoms with Gasteiger partial charge in [-0.05, 0) is 23.3 Å². The quantitative estimate of drug-likeness (QED) is 0.921. The molecule has 100 valence electrons. The minimum Gasteiger partial charge on any atom is -0.444 e. The minimum atomic E-state index is -0.498. The van der Waals surface area contributed by atoms with Crippen molar-refractivity contribution in [2.24, 2.45) is 0 Å². The summed E-state index contributed by atoms with van der Waals surface area (Å²) in [4.78, 5) is 11.6. The number of hydrogen-bond acceptors (Lipinski definition) is 3. The molecule has 0 aromatic heterocycles. The predicted octanol–water partition coefficient (Wildman–Crippen LogP) is 3.50. The lowest BCUT2D eigenvalue weighted by Crippen LogP contribution is -2.13. The van der Waals surface area contributed by atoms with E-state index in [0.29, 0.717) is 12.1 Å². The molecule has 0 aliphatic carbocycles. The second-order valence-electron chi connectivity index (χ2n) is 4.22. The van der Waals surface area contributed by atoms with Crippen LogP contribution in [-0.2, 0) is 17.8 Å². The van der Waals surface area contributed by atoms with E-state index in [4.69, 9.17) is 10.00 Å². The van der Waals surface area contributed by atoms with Gasteiger partial charge >= 0.3 is 6.09 Å². The van der Waals surface area contributed by atoms with Gasteiger partial charge in [-0.25, -0.2) is 4.79 Å². The highest BCUT2D eigenvalue weighted by molar-refractivity contribution is 5.84. The molecule has 0 radical (unpaired) electrons. The Hall–Kier alpha value is -2.80. The predicted molar refractivity (Wildman–Crippen MR) is 76.0 cm³/mol. The SMILES string of the molecule is N#CCc1ccc(NC(=O)OCc2ccccc2)cc1. The minimum absolute atomic E-state index is 0.235. The molecule has 4 heteroatoms. The van der Waals surface area contributed by atoms with Crippen molar-refractivity contribution in [3.63, 3.8) is 0 Å². The zero-order valence-corrected chi connectivity index (χ0v) is 10.9. The summed E-state index contributed by atoms with van der Waals surface area (Å²) in [6.07, 6.45) is -0.138. The summed E-state index contributed by atoms with van der Waals surface area (Å²) in [7, 11) is 0. The zero-order chi connectivity index (χ0) is 14.2. The Morgan fingerprint density at radius 2 is 1.75 bits per heavy atom. The molecule has 20 heavy (non-hydrogen) atoms. The van der Waals surface area contributed by atoms with Crippen LogP contribution in [-0.4, -0.2) is 6.09 Å². The van der Waals surface area contributed by atoms with Crippen LogP contribution in [0.25, 0.3) is 0 Å². The van der Waals surface area contributed by atoms with Crippen LogP contribution in [0.1, 0.15) is 11.1 Å². The van der Waals surface area contributed by atoms with Gasteiger partial charge in [0.05, 0.1) is 12.5 Å². The molecule has 0 bridgehead atoms. The van der Waals surface area contributed by atoms with Gasteiger partial charge in [0.2, 0.25) is 0 Å². The fraction of sp³-hybridized carbons (Fsp3) is 0.125. The van der Waals surface area contributed by atoms with Crippen LogP contribution in [0.5, 0.6) is 0 Å². The maximum atomic E-state index is 11.6. The maximum absolute atomic E-state index is 11.6. The number of nitriles is 1. The molecule has 4 nitrogen and oxygen atoms in total. The number of anilines is 1. The van der Waals surface area contributed by atoms with Crippen LogP contribution in [0, 0.1) is 11.3 Å². The van der Waals surface area contributed by atoms with Gasteiger partial charge in [-0.3, -0.25) is 5.32 Å². The standard InChI is InChI=1S/C16H14N2O2/c17-11-10-13-6-8-15(9-7-13)18-16(19)20-12-14-4-2-1-3-5-14/h1-9H,10,12H2,(H,18,19). The van der Waals surface area contributed by atoms with E-state index in [-0.39, 0.29) is 6.61 Å². The number of carbonyl (C=O) groups excluding carboxylic acids is 1. The third kappa shape index (κ3) is 4.14. The topological polar surface area (TPSA) is 62.1 Å². The second kappa shape index (κ2) is 6.95. The molecule has 0 fully saturated rings. The van der Waals surface area contributed by atoms with E-state index in [1.807, 2.05) is 30.3 Å². The van der Waals surface area contributed by atoms with E-state index in [9.17, 15) is 4.79 Å². The summed E-state index contributed by atoms with van der Waals surface area (Å²) < 4.78 is 5.11. The summed E-state index contributed by atoms with van der Waals surface area (Å²) in [5, 5.41) is 11.2. The molecule has 2 aromatic carbocycles. The highest BCUT2D eigenvalue weighted by Crippen LogP contribution is 2.10. The molecule has 0 unspecified atom stereocenters. The number of carbonyl (C=O) groups is 1. The Bertz CT molecular complexity index is 601. The Labute approximate surface area is 117 Å². The molecule has 0 atom stereocenters. The molecule has 1 amide bonds. The van der Waals surface area contributed by atoms with Crippen LogP contribution < -0.4 is 5.32 Å². The average molecular weight is 266 g/mol.